The van der Waals surface area contributed by atoms with Gasteiger partial charge in [0, 0.05) is 12.8 Å². The van der Waals surface area contributed by atoms with Crippen molar-refractivity contribution in [2.45, 2.75) is 186 Å². The maximum Gasteiger partial charge on any atom is 0.469 e. The van der Waals surface area contributed by atoms with Crippen molar-refractivity contribution in [2.75, 3.05) is 13.2 Å². The lowest BCUT2D eigenvalue weighted by Gasteiger charge is -2.18. The maximum atomic E-state index is 12.4. The average molecular weight is 835 g/mol. The fourth-order valence-electron chi connectivity index (χ4n) is 5.75. The second-order valence-corrected chi connectivity index (χ2v) is 15.9. The first kappa shape index (κ1) is 55.2. The molecule has 0 aliphatic rings. The van der Waals surface area contributed by atoms with Crippen LogP contribution in [-0.4, -0.2) is 63.5 Å². The fraction of sp³-hybridized carbons (Fsp3) is 0.660. The number of carbonyl (C=O) groups excluding carboxylic acids is 2. The Morgan fingerprint density at radius 1 is 0.569 bits per heavy atom. The largest absolute Gasteiger partial charge is 0.469 e. The summed E-state index contributed by atoms with van der Waals surface area (Å²) >= 11 is 0. The van der Waals surface area contributed by atoms with Crippen molar-refractivity contribution >= 4 is 19.8 Å². The molecule has 3 atom stereocenters. The van der Waals surface area contributed by atoms with Crippen LogP contribution in [0.1, 0.15) is 168 Å². The second-order valence-electron chi connectivity index (χ2n) is 14.7. The van der Waals surface area contributed by atoms with E-state index in [1.165, 1.54) is 83.5 Å². The van der Waals surface area contributed by atoms with E-state index in [0.29, 0.717) is 32.1 Å². The number of aliphatic hydroxyl groups is 2. The van der Waals surface area contributed by atoms with Crippen LogP contribution in [0.4, 0.5) is 0 Å². The number of ether oxygens (including phenoxy) is 2. The van der Waals surface area contributed by atoms with E-state index >= 15 is 0 Å². The molecule has 0 bridgehead atoms. The topological polar surface area (TPSA) is 160 Å². The molecule has 0 rings (SSSR count). The van der Waals surface area contributed by atoms with Gasteiger partial charge in [0.1, 0.15) is 6.61 Å². The lowest BCUT2D eigenvalue weighted by Crippen LogP contribution is -2.29. The van der Waals surface area contributed by atoms with Gasteiger partial charge in [-0.1, -0.05) is 176 Å². The number of hydrogen-bond acceptors (Lipinski definition) is 8. The van der Waals surface area contributed by atoms with Gasteiger partial charge in [-0.25, -0.2) is 4.57 Å². The molecule has 0 aromatic rings. The summed E-state index contributed by atoms with van der Waals surface area (Å²) in [6, 6.07) is 0. The Hall–Kier alpha value is -2.85. The Balaban J connectivity index is 4.15. The molecule has 0 aromatic heterocycles. The summed E-state index contributed by atoms with van der Waals surface area (Å²) in [6.07, 6.45) is 48.1. The Bertz CT molecular complexity index is 1250. The van der Waals surface area contributed by atoms with E-state index in [1.807, 2.05) is 42.5 Å². The molecular weight excluding hydrogens is 755 g/mol. The molecule has 0 heterocycles. The third-order valence-electron chi connectivity index (χ3n) is 9.07. The summed E-state index contributed by atoms with van der Waals surface area (Å²) in [4.78, 5) is 42.9. The fourth-order valence-corrected chi connectivity index (χ4v) is 6.12. The summed E-state index contributed by atoms with van der Waals surface area (Å²) in [5.41, 5.74) is 0. The minimum atomic E-state index is -4.81. The van der Waals surface area contributed by atoms with Crippen LogP contribution in [0, 0.1) is 0 Å². The molecule has 0 amide bonds. The molecule has 0 unspecified atom stereocenters. The molecular formula is C47H79O10P. The van der Waals surface area contributed by atoms with Crippen LogP contribution in [0.25, 0.3) is 0 Å². The van der Waals surface area contributed by atoms with E-state index < -0.39 is 44.7 Å². The summed E-state index contributed by atoms with van der Waals surface area (Å²) in [5, 5.41) is 19.9. The predicted octanol–water partition coefficient (Wildman–Crippen LogP) is 11.6. The van der Waals surface area contributed by atoms with E-state index in [9.17, 15) is 24.4 Å². The molecule has 0 aromatic carbocycles. The van der Waals surface area contributed by atoms with E-state index in [4.69, 9.17) is 19.3 Å². The van der Waals surface area contributed by atoms with Crippen LogP contribution >= 0.6 is 7.82 Å². The number of esters is 2. The normalized spacial score (nSPS) is 14.4. The lowest BCUT2D eigenvalue weighted by atomic mass is 10.1. The summed E-state index contributed by atoms with van der Waals surface area (Å²) in [6.45, 7) is 3.33. The predicted molar refractivity (Wildman–Crippen MR) is 237 cm³/mol. The summed E-state index contributed by atoms with van der Waals surface area (Å²) in [5.74, 6) is -1.07. The molecule has 0 radical (unpaired) electrons. The quantitative estimate of drug-likeness (QED) is 0.0154. The molecule has 0 spiro atoms. The highest BCUT2D eigenvalue weighted by Crippen LogP contribution is 2.36. The number of unbranched alkanes of at least 4 members (excludes halogenated alkanes) is 16. The summed E-state index contributed by atoms with van der Waals surface area (Å²) < 4.78 is 26.3. The summed E-state index contributed by atoms with van der Waals surface area (Å²) in [7, 11) is -4.81. The molecule has 10 nitrogen and oxygen atoms in total. The van der Waals surface area contributed by atoms with Gasteiger partial charge < -0.3 is 29.5 Å². The number of carbonyl (C=O) groups is 2. The van der Waals surface area contributed by atoms with Gasteiger partial charge in [-0.15, -0.1) is 0 Å². The molecule has 0 saturated heterocycles. The van der Waals surface area contributed by atoms with Gasteiger partial charge in [0.2, 0.25) is 0 Å². The van der Waals surface area contributed by atoms with Gasteiger partial charge in [-0.05, 0) is 64.2 Å². The van der Waals surface area contributed by atoms with E-state index in [0.717, 1.165) is 25.7 Å². The molecule has 0 saturated carbocycles. The highest BCUT2D eigenvalue weighted by atomic mass is 31.2. The highest BCUT2D eigenvalue weighted by Gasteiger charge is 2.22. The van der Waals surface area contributed by atoms with Gasteiger partial charge in [0.05, 0.1) is 18.8 Å². The Labute approximate surface area is 351 Å². The Kier molecular flexibility index (Phi) is 38.9. The van der Waals surface area contributed by atoms with Gasteiger partial charge in [0.25, 0.3) is 0 Å². The lowest BCUT2D eigenvalue weighted by molar-refractivity contribution is -0.161. The van der Waals surface area contributed by atoms with Crippen LogP contribution in [0.5, 0.6) is 0 Å². The zero-order chi connectivity index (χ0) is 42.8. The molecule has 0 fully saturated rings. The van der Waals surface area contributed by atoms with Crippen LogP contribution in [-0.2, 0) is 28.2 Å². The minimum absolute atomic E-state index is 0.0767. The number of hydrogen-bond donors (Lipinski definition) is 4. The second kappa shape index (κ2) is 40.9. The van der Waals surface area contributed by atoms with Crippen LogP contribution in [0.15, 0.2) is 85.1 Å². The highest BCUT2D eigenvalue weighted by molar-refractivity contribution is 7.46. The molecule has 0 aliphatic heterocycles. The molecule has 332 valence electrons. The van der Waals surface area contributed by atoms with Crippen molar-refractivity contribution in [3.8, 4) is 0 Å². The van der Waals surface area contributed by atoms with Gasteiger partial charge >= 0.3 is 19.8 Å². The zero-order valence-corrected chi connectivity index (χ0v) is 36.8. The molecule has 4 N–H and O–H groups in total. The third-order valence-corrected chi connectivity index (χ3v) is 9.56. The first-order chi connectivity index (χ1) is 28.1. The van der Waals surface area contributed by atoms with Gasteiger partial charge in [-0.2, -0.15) is 0 Å². The molecule has 0 aliphatic carbocycles. The number of rotatable bonds is 39. The van der Waals surface area contributed by atoms with Gasteiger partial charge in [-0.3, -0.25) is 14.1 Å². The maximum absolute atomic E-state index is 12.4. The van der Waals surface area contributed by atoms with Crippen molar-refractivity contribution in [2.24, 2.45) is 0 Å². The average Bonchev–Trinajstić information content (AvgIpc) is 3.18. The first-order valence-corrected chi connectivity index (χ1v) is 23.6. The van der Waals surface area contributed by atoms with Crippen molar-refractivity contribution < 1.29 is 48.2 Å². The van der Waals surface area contributed by atoms with Crippen LogP contribution in [0.3, 0.4) is 0 Å². The molecule has 11 heteroatoms. The van der Waals surface area contributed by atoms with Gasteiger partial charge in [0.15, 0.2) is 6.10 Å². The van der Waals surface area contributed by atoms with E-state index in [-0.39, 0.29) is 19.4 Å². The minimum Gasteiger partial charge on any atom is -0.462 e. The number of phosphoric ester groups is 1. The number of allylic oxidation sites excluding steroid dienone is 10. The van der Waals surface area contributed by atoms with E-state index in [1.54, 1.807) is 30.4 Å². The Morgan fingerprint density at radius 2 is 1.12 bits per heavy atom. The Morgan fingerprint density at radius 3 is 1.72 bits per heavy atom. The van der Waals surface area contributed by atoms with E-state index in [2.05, 4.69) is 30.5 Å². The number of phosphoric acid groups is 1. The first-order valence-electron chi connectivity index (χ1n) is 22.1. The van der Waals surface area contributed by atoms with Crippen molar-refractivity contribution in [1.82, 2.24) is 0 Å². The third kappa shape index (κ3) is 42.7. The van der Waals surface area contributed by atoms with Crippen molar-refractivity contribution in [3.63, 3.8) is 0 Å². The number of aliphatic hydroxyl groups excluding tert-OH is 2. The zero-order valence-electron chi connectivity index (χ0n) is 35.9. The van der Waals surface area contributed by atoms with Crippen LogP contribution < -0.4 is 0 Å². The standard InChI is InChI=1S/C47H79O10P/c1-3-5-7-8-9-10-11-12-13-14-15-16-17-18-19-20-24-27-33-40-47(51)57-45(42-56-58(52,53)54)41-55-46(50)39-34-28-32-38-44(49)37-31-26-23-21-22-25-30-36-43(48)35-29-6-4-2/h6,12-13,22-23,25-26,29-32,36-38,43-45,48-49H,3-5,7-11,14-21,24,27-28,33-35,39-42H2,1-2H3,(H2,52,53,54)/b13-12-,25-22-,26-23-,29-6-,36-30+,37-31+,38-32-/t43-,44-,45-/m1/s1. The molecule has 58 heavy (non-hydrogen) atoms. The van der Waals surface area contributed by atoms with Crippen molar-refractivity contribution in [3.05, 3.63) is 85.1 Å². The van der Waals surface area contributed by atoms with Crippen molar-refractivity contribution in [1.29, 1.82) is 0 Å². The smallest absolute Gasteiger partial charge is 0.462 e. The van der Waals surface area contributed by atoms with Crippen LogP contribution in [0.2, 0.25) is 0 Å². The monoisotopic (exact) mass is 835 g/mol. The SMILES string of the molecule is CC/C=C\C[C@@H](O)/C=C/C=C\C/C=C\C=C\[C@@H](O)/C=C\CCCC(=O)OC[C@H](COP(=O)(O)O)OC(=O)CCCCCCCCCCC/C=C\CCCCCCCC.